The molecule has 0 saturated carbocycles. The molecule has 52 valence electrons. The van der Waals surface area contributed by atoms with Gasteiger partial charge in [-0.1, -0.05) is 21.4 Å². The third-order valence-electron chi connectivity index (χ3n) is 0.632. The maximum absolute atomic E-state index is 9.80. The van der Waals surface area contributed by atoms with Crippen LogP contribution in [0.1, 0.15) is 13.8 Å². The molecule has 0 aliphatic heterocycles. The van der Waals surface area contributed by atoms with Crippen molar-refractivity contribution in [3.05, 3.63) is 0 Å². The van der Waals surface area contributed by atoms with Crippen LogP contribution in [0.15, 0.2) is 0 Å². The SMILES string of the molecule is CC(C)P(=O)([O-])[O-].[Cl-].[Li+].[Li+].[Li+]. The van der Waals surface area contributed by atoms with Crippen molar-refractivity contribution in [2.75, 3.05) is 0 Å². The maximum atomic E-state index is 9.80. The fourth-order valence-corrected chi connectivity index (χ4v) is 0. The van der Waals surface area contributed by atoms with Gasteiger partial charge in [0, 0.05) is 0 Å². The molecule has 0 aliphatic carbocycles. The van der Waals surface area contributed by atoms with Gasteiger partial charge in [0.1, 0.15) is 0 Å². The molecular weight excluding hydrogens is 171 g/mol. The van der Waals surface area contributed by atoms with E-state index < -0.39 is 13.3 Å². The molecule has 8 heteroatoms. The Labute approximate surface area is 110 Å². The van der Waals surface area contributed by atoms with Crippen LogP contribution in [-0.4, -0.2) is 5.66 Å². The monoisotopic (exact) mass is 178 g/mol. The van der Waals surface area contributed by atoms with Crippen LogP contribution < -0.4 is 78.8 Å². The average Bonchev–Trinajstić information content (AvgIpc) is 1.31. The van der Waals surface area contributed by atoms with E-state index in [9.17, 15) is 14.4 Å². The van der Waals surface area contributed by atoms with E-state index in [0.717, 1.165) is 0 Å². The van der Waals surface area contributed by atoms with Gasteiger partial charge in [-0.3, -0.25) is 0 Å². The summed E-state index contributed by atoms with van der Waals surface area (Å²) >= 11 is 0. The van der Waals surface area contributed by atoms with Crippen LogP contribution in [-0.2, 0) is 4.57 Å². The zero-order valence-corrected chi connectivity index (χ0v) is 9.28. The molecule has 0 spiro atoms. The van der Waals surface area contributed by atoms with Crippen molar-refractivity contribution in [1.29, 1.82) is 0 Å². The molecule has 0 aromatic rings. The summed E-state index contributed by atoms with van der Waals surface area (Å²) in [5, 5.41) is 0. The number of hydrogen-bond donors (Lipinski definition) is 0. The van der Waals surface area contributed by atoms with Crippen molar-refractivity contribution < 1.29 is 83.3 Å². The van der Waals surface area contributed by atoms with E-state index in [1.807, 2.05) is 0 Å². The molecule has 0 heterocycles. The van der Waals surface area contributed by atoms with Gasteiger partial charge < -0.3 is 26.8 Å². The van der Waals surface area contributed by atoms with Gasteiger partial charge in [-0.2, -0.15) is 0 Å². The molecule has 0 fully saturated rings. The normalized spacial score (nSPS) is 8.09. The Balaban J connectivity index is -0.0000000300. The van der Waals surface area contributed by atoms with Gasteiger partial charge in [-0.25, -0.2) is 0 Å². The van der Waals surface area contributed by atoms with Gasteiger partial charge in [-0.15, -0.1) is 0 Å². The van der Waals surface area contributed by atoms with E-state index in [1.54, 1.807) is 0 Å². The van der Waals surface area contributed by atoms with Crippen LogP contribution >= 0.6 is 7.60 Å². The third kappa shape index (κ3) is 18.9. The fourth-order valence-electron chi connectivity index (χ4n) is 0. The molecular formula is C3H7ClLi3O3P. The van der Waals surface area contributed by atoms with Crippen LogP contribution in [0.5, 0.6) is 0 Å². The summed E-state index contributed by atoms with van der Waals surface area (Å²) in [6.07, 6.45) is 0. The Morgan fingerprint density at radius 3 is 1.18 bits per heavy atom. The van der Waals surface area contributed by atoms with E-state index >= 15 is 0 Å². The Morgan fingerprint density at radius 2 is 1.18 bits per heavy atom. The minimum Gasteiger partial charge on any atom is -1.00 e. The molecule has 0 rings (SSSR count). The summed E-state index contributed by atoms with van der Waals surface area (Å²) in [5.41, 5.74) is -0.757. The number of rotatable bonds is 1. The Kier molecular flexibility index (Phi) is 32.5. The first-order valence-corrected chi connectivity index (χ1v) is 3.57. The van der Waals surface area contributed by atoms with Crippen LogP contribution in [0.3, 0.4) is 0 Å². The van der Waals surface area contributed by atoms with Crippen molar-refractivity contribution in [1.82, 2.24) is 0 Å². The Bertz CT molecular complexity index is 106. The van der Waals surface area contributed by atoms with Crippen LogP contribution in [0.2, 0.25) is 0 Å². The van der Waals surface area contributed by atoms with Crippen LogP contribution in [0.4, 0.5) is 0 Å². The Hall–Kier alpha value is 2.23. The largest absolute Gasteiger partial charge is 1.00 e. The smallest absolute Gasteiger partial charge is 1.00 e. The van der Waals surface area contributed by atoms with E-state index in [2.05, 4.69) is 0 Å². The first kappa shape index (κ1) is 29.2. The summed E-state index contributed by atoms with van der Waals surface area (Å²) in [6.45, 7) is 2.72. The van der Waals surface area contributed by atoms with Crippen molar-refractivity contribution >= 4 is 7.60 Å². The molecule has 0 N–H and O–H groups in total. The molecule has 0 aromatic carbocycles. The average molecular weight is 178 g/mol. The number of hydrogen-bond acceptors (Lipinski definition) is 3. The van der Waals surface area contributed by atoms with E-state index in [0.29, 0.717) is 0 Å². The van der Waals surface area contributed by atoms with Gasteiger partial charge in [-0.05, 0) is 5.66 Å². The van der Waals surface area contributed by atoms with Crippen LogP contribution in [0, 0.1) is 0 Å². The second kappa shape index (κ2) is 12.2. The maximum Gasteiger partial charge on any atom is 1.00 e. The minimum absolute atomic E-state index is 0. The van der Waals surface area contributed by atoms with Crippen molar-refractivity contribution in [3.63, 3.8) is 0 Å². The molecule has 0 bridgehead atoms. The number of halogens is 1. The molecule has 0 amide bonds. The van der Waals surface area contributed by atoms with Gasteiger partial charge >= 0.3 is 56.6 Å². The standard InChI is InChI=1S/C3H9O3P.ClH.3Li/c1-3(2)7(4,5)6;;;;/h3H,1-2H3,(H2,4,5,6);1H;;;/q;;3*+1/p-3. The summed E-state index contributed by atoms with van der Waals surface area (Å²) in [7, 11) is -4.24. The Morgan fingerprint density at radius 1 is 1.09 bits per heavy atom. The molecule has 0 aliphatic rings. The van der Waals surface area contributed by atoms with Crippen molar-refractivity contribution in [2.24, 2.45) is 0 Å². The van der Waals surface area contributed by atoms with E-state index in [4.69, 9.17) is 0 Å². The van der Waals surface area contributed by atoms with Crippen molar-refractivity contribution in [2.45, 2.75) is 19.5 Å². The molecule has 0 radical (unpaired) electrons. The molecule has 0 aromatic heterocycles. The fraction of sp³-hybridized carbons (Fsp3) is 1.00. The molecule has 0 saturated heterocycles. The van der Waals surface area contributed by atoms with Gasteiger partial charge in [0.15, 0.2) is 0 Å². The molecule has 3 nitrogen and oxygen atoms in total. The predicted molar refractivity (Wildman–Crippen MR) is 22.7 cm³/mol. The zero-order valence-electron chi connectivity index (χ0n) is 7.63. The summed E-state index contributed by atoms with van der Waals surface area (Å²) in [4.78, 5) is 19.6. The topological polar surface area (TPSA) is 63.2 Å². The summed E-state index contributed by atoms with van der Waals surface area (Å²) < 4.78 is 9.80. The van der Waals surface area contributed by atoms with Gasteiger partial charge in [0.2, 0.25) is 0 Å². The second-order valence-electron chi connectivity index (χ2n) is 1.63. The predicted octanol–water partition coefficient (Wildman–Crippen LogP) is -12.7. The quantitative estimate of drug-likeness (QED) is 0.296. The minimum atomic E-state index is -4.24. The summed E-state index contributed by atoms with van der Waals surface area (Å²) in [6, 6.07) is 0. The van der Waals surface area contributed by atoms with Crippen molar-refractivity contribution in [3.8, 4) is 0 Å². The molecule has 0 atom stereocenters. The molecule has 11 heavy (non-hydrogen) atoms. The van der Waals surface area contributed by atoms with Gasteiger partial charge in [0.25, 0.3) is 0 Å². The van der Waals surface area contributed by atoms with E-state index in [1.165, 1.54) is 13.8 Å². The molecule has 0 unspecified atom stereocenters. The zero-order chi connectivity index (χ0) is 6.08. The van der Waals surface area contributed by atoms with E-state index in [-0.39, 0.29) is 69.0 Å². The van der Waals surface area contributed by atoms with Crippen LogP contribution in [0.25, 0.3) is 0 Å². The third-order valence-corrected chi connectivity index (χ3v) is 1.90. The first-order chi connectivity index (χ1) is 2.94. The summed E-state index contributed by atoms with van der Waals surface area (Å²) in [5.74, 6) is 0. The van der Waals surface area contributed by atoms with Gasteiger partial charge in [0.05, 0.1) is 0 Å². The second-order valence-corrected chi connectivity index (χ2v) is 3.75. The first-order valence-electron chi connectivity index (χ1n) is 1.96.